The average molecular weight is 242 g/mol. The Morgan fingerprint density at radius 1 is 1.18 bits per heavy atom. The van der Waals surface area contributed by atoms with E-state index < -0.39 is 17.8 Å². The molecule has 17 heavy (non-hydrogen) atoms. The van der Waals surface area contributed by atoms with E-state index in [1.54, 1.807) is 13.8 Å². The molecule has 0 saturated carbocycles. The van der Waals surface area contributed by atoms with Gasteiger partial charge < -0.3 is 15.7 Å². The van der Waals surface area contributed by atoms with Crippen molar-refractivity contribution >= 4 is 17.8 Å². The third-order valence-corrected chi connectivity index (χ3v) is 2.41. The Morgan fingerprint density at radius 2 is 1.65 bits per heavy atom. The summed E-state index contributed by atoms with van der Waals surface area (Å²) < 4.78 is 0. The number of nitrogens with two attached hydrogens (primary N) is 1. The summed E-state index contributed by atoms with van der Waals surface area (Å²) in [6, 6.07) is -0.230. The van der Waals surface area contributed by atoms with Gasteiger partial charge in [-0.2, -0.15) is 0 Å². The molecule has 0 bridgehead atoms. The van der Waals surface area contributed by atoms with Crippen molar-refractivity contribution in [2.45, 2.75) is 33.7 Å². The molecule has 0 heterocycles. The van der Waals surface area contributed by atoms with Gasteiger partial charge in [0.05, 0.1) is 6.54 Å². The Morgan fingerprint density at radius 3 is 1.94 bits per heavy atom. The highest BCUT2D eigenvalue weighted by atomic mass is 16.4. The highest BCUT2D eigenvalue weighted by molar-refractivity contribution is 6.02. The second kappa shape index (κ2) is 6.03. The quantitative estimate of drug-likeness (QED) is 0.669. The molecule has 6 heteroatoms. The first-order valence-corrected chi connectivity index (χ1v) is 5.18. The van der Waals surface area contributed by atoms with Gasteiger partial charge in [-0.1, -0.05) is 0 Å². The number of carbonyl (C=O) groups excluding carboxylic acids is 2. The van der Waals surface area contributed by atoms with E-state index in [1.165, 1.54) is 18.7 Å². The number of aliphatic carboxylic acids is 1. The van der Waals surface area contributed by atoms with E-state index in [2.05, 4.69) is 0 Å². The van der Waals surface area contributed by atoms with Crippen LogP contribution in [0.3, 0.4) is 0 Å². The molecule has 0 radical (unpaired) electrons. The molecule has 0 aromatic rings. The summed E-state index contributed by atoms with van der Waals surface area (Å²) in [6.45, 7) is 6.00. The van der Waals surface area contributed by atoms with E-state index >= 15 is 0 Å². The lowest BCUT2D eigenvalue weighted by atomic mass is 10.1. The smallest absolute Gasteiger partial charge is 0.331 e. The van der Waals surface area contributed by atoms with Crippen molar-refractivity contribution in [2.75, 3.05) is 6.54 Å². The predicted octanol–water partition coefficient (Wildman–Crippen LogP) is 0.130. The SMILES string of the molecule is CC(C(=O)O)=C(C)C(=O)N(CC(N)=O)C(C)C. The first-order chi connectivity index (χ1) is 7.68. The molecule has 0 aliphatic heterocycles. The molecule has 0 rings (SSSR count). The number of rotatable bonds is 5. The van der Waals surface area contributed by atoms with Crippen LogP contribution in [0.5, 0.6) is 0 Å². The minimum Gasteiger partial charge on any atom is -0.478 e. The second-order valence-electron chi connectivity index (χ2n) is 4.05. The molecule has 0 fully saturated rings. The predicted molar refractivity (Wildman–Crippen MR) is 62.1 cm³/mol. The van der Waals surface area contributed by atoms with E-state index in [-0.39, 0.29) is 23.7 Å². The van der Waals surface area contributed by atoms with Crippen LogP contribution in [0.1, 0.15) is 27.7 Å². The van der Waals surface area contributed by atoms with Crippen LogP contribution < -0.4 is 5.73 Å². The Labute approximate surface area is 100 Å². The maximum Gasteiger partial charge on any atom is 0.331 e. The Hall–Kier alpha value is -1.85. The van der Waals surface area contributed by atoms with Crippen molar-refractivity contribution in [2.24, 2.45) is 5.73 Å². The second-order valence-corrected chi connectivity index (χ2v) is 4.05. The van der Waals surface area contributed by atoms with Crippen molar-refractivity contribution in [3.63, 3.8) is 0 Å². The first kappa shape index (κ1) is 15.2. The summed E-state index contributed by atoms with van der Waals surface area (Å²) in [5.41, 5.74) is 5.11. The minimum absolute atomic E-state index is 0.0369. The van der Waals surface area contributed by atoms with Crippen LogP contribution in [0.4, 0.5) is 0 Å². The van der Waals surface area contributed by atoms with E-state index in [4.69, 9.17) is 10.8 Å². The van der Waals surface area contributed by atoms with Gasteiger partial charge in [-0.15, -0.1) is 0 Å². The van der Waals surface area contributed by atoms with Gasteiger partial charge in [0.1, 0.15) is 0 Å². The highest BCUT2D eigenvalue weighted by Gasteiger charge is 2.22. The largest absolute Gasteiger partial charge is 0.478 e. The fourth-order valence-electron chi connectivity index (χ4n) is 1.19. The van der Waals surface area contributed by atoms with E-state index in [0.717, 1.165) is 0 Å². The molecular weight excluding hydrogens is 224 g/mol. The normalized spacial score (nSPS) is 12.1. The summed E-state index contributed by atoms with van der Waals surface area (Å²) in [7, 11) is 0. The lowest BCUT2D eigenvalue weighted by molar-refractivity contribution is -0.135. The summed E-state index contributed by atoms with van der Waals surface area (Å²) in [4.78, 5) is 34.8. The van der Waals surface area contributed by atoms with Crippen LogP contribution in [0, 0.1) is 0 Å². The lowest BCUT2D eigenvalue weighted by Gasteiger charge is -2.26. The molecule has 0 aromatic carbocycles. The van der Waals surface area contributed by atoms with Gasteiger partial charge in [0.25, 0.3) is 5.91 Å². The summed E-state index contributed by atoms with van der Waals surface area (Å²) in [5.74, 6) is -2.27. The summed E-state index contributed by atoms with van der Waals surface area (Å²) >= 11 is 0. The van der Waals surface area contributed by atoms with Gasteiger partial charge in [0, 0.05) is 17.2 Å². The number of amides is 2. The first-order valence-electron chi connectivity index (χ1n) is 5.18. The molecule has 96 valence electrons. The molecule has 0 saturated heterocycles. The molecule has 0 aliphatic carbocycles. The topological polar surface area (TPSA) is 101 Å². The van der Waals surface area contributed by atoms with Crippen LogP contribution in [-0.2, 0) is 14.4 Å². The van der Waals surface area contributed by atoms with Crippen molar-refractivity contribution < 1.29 is 19.5 Å². The van der Waals surface area contributed by atoms with E-state index in [1.807, 2.05) is 0 Å². The summed E-state index contributed by atoms with van der Waals surface area (Å²) in [5, 5.41) is 8.78. The third kappa shape index (κ3) is 4.26. The fraction of sp³-hybridized carbons (Fsp3) is 0.545. The van der Waals surface area contributed by atoms with Crippen LogP contribution in [-0.4, -0.2) is 40.4 Å². The van der Waals surface area contributed by atoms with E-state index in [0.29, 0.717) is 0 Å². The molecule has 0 aliphatic rings. The number of primary amides is 1. The van der Waals surface area contributed by atoms with E-state index in [9.17, 15) is 14.4 Å². The monoisotopic (exact) mass is 242 g/mol. The summed E-state index contributed by atoms with van der Waals surface area (Å²) in [6.07, 6.45) is 0. The van der Waals surface area contributed by atoms with Crippen molar-refractivity contribution in [1.82, 2.24) is 4.90 Å². The Balaban J connectivity index is 5.17. The molecule has 0 aromatic heterocycles. The molecule has 0 unspecified atom stereocenters. The molecule has 2 amide bonds. The number of carboxylic acids is 1. The third-order valence-electron chi connectivity index (χ3n) is 2.41. The molecule has 0 spiro atoms. The van der Waals surface area contributed by atoms with Crippen LogP contribution in [0.25, 0.3) is 0 Å². The van der Waals surface area contributed by atoms with Crippen molar-refractivity contribution in [3.05, 3.63) is 11.1 Å². The number of carbonyl (C=O) groups is 3. The molecule has 3 N–H and O–H groups in total. The number of nitrogens with zero attached hydrogens (tertiary/aromatic N) is 1. The molecular formula is C11H18N2O4. The Bertz CT molecular complexity index is 372. The van der Waals surface area contributed by atoms with Crippen molar-refractivity contribution in [1.29, 1.82) is 0 Å². The number of hydrogen-bond acceptors (Lipinski definition) is 3. The Kier molecular flexibility index (Phi) is 5.37. The number of hydrogen-bond donors (Lipinski definition) is 2. The number of carboxylic acid groups (broad SMARTS) is 1. The van der Waals surface area contributed by atoms with Gasteiger partial charge >= 0.3 is 5.97 Å². The van der Waals surface area contributed by atoms with Crippen molar-refractivity contribution in [3.8, 4) is 0 Å². The zero-order valence-corrected chi connectivity index (χ0v) is 10.5. The standard InChI is InChI=1S/C11H18N2O4/c1-6(2)13(5-9(12)14)10(15)7(3)8(4)11(16)17/h6H,5H2,1-4H3,(H2,12,14)(H,16,17). The van der Waals surface area contributed by atoms with Crippen LogP contribution >= 0.6 is 0 Å². The maximum absolute atomic E-state index is 12.0. The van der Waals surface area contributed by atoms with Gasteiger partial charge in [0.2, 0.25) is 5.91 Å². The minimum atomic E-state index is -1.15. The van der Waals surface area contributed by atoms with Gasteiger partial charge in [-0.25, -0.2) is 4.79 Å². The zero-order chi connectivity index (χ0) is 13.7. The zero-order valence-electron chi connectivity index (χ0n) is 10.5. The van der Waals surface area contributed by atoms with Crippen LogP contribution in [0.15, 0.2) is 11.1 Å². The van der Waals surface area contributed by atoms with Crippen LogP contribution in [0.2, 0.25) is 0 Å². The van der Waals surface area contributed by atoms with Gasteiger partial charge in [-0.3, -0.25) is 9.59 Å². The highest BCUT2D eigenvalue weighted by Crippen LogP contribution is 2.10. The molecule has 6 nitrogen and oxygen atoms in total. The lowest BCUT2D eigenvalue weighted by Crippen LogP contribution is -2.43. The molecule has 0 atom stereocenters. The van der Waals surface area contributed by atoms with Gasteiger partial charge in [0.15, 0.2) is 0 Å². The average Bonchev–Trinajstić information content (AvgIpc) is 2.21. The maximum atomic E-state index is 12.0. The fourth-order valence-corrected chi connectivity index (χ4v) is 1.19. The van der Waals surface area contributed by atoms with Gasteiger partial charge in [-0.05, 0) is 27.7 Å².